The third-order valence-electron chi connectivity index (χ3n) is 3.59. The van der Waals surface area contributed by atoms with Crippen molar-refractivity contribution in [3.63, 3.8) is 0 Å². The first-order valence-electron chi connectivity index (χ1n) is 6.90. The van der Waals surface area contributed by atoms with Gasteiger partial charge >= 0.3 is 0 Å². The lowest BCUT2D eigenvalue weighted by molar-refractivity contribution is 0.169. The average Bonchev–Trinajstić information content (AvgIpc) is 2.53. The fraction of sp³-hybridized carbons (Fsp3) is 0.167. The van der Waals surface area contributed by atoms with E-state index in [1.165, 1.54) is 5.56 Å². The predicted molar refractivity (Wildman–Crippen MR) is 81.5 cm³/mol. The van der Waals surface area contributed by atoms with Gasteiger partial charge in [-0.3, -0.25) is 4.98 Å². The first-order chi connectivity index (χ1) is 9.84. The third-order valence-corrected chi connectivity index (χ3v) is 3.59. The summed E-state index contributed by atoms with van der Waals surface area (Å²) in [6.07, 6.45) is 2.92. The molecule has 0 aliphatic rings. The maximum Gasteiger partial charge on any atom is 0.0799 e. The molecule has 0 spiro atoms. The minimum Gasteiger partial charge on any atom is -0.388 e. The lowest BCUT2D eigenvalue weighted by Crippen LogP contribution is -2.01. The van der Waals surface area contributed by atoms with Crippen molar-refractivity contribution in [1.29, 1.82) is 0 Å². The van der Waals surface area contributed by atoms with Gasteiger partial charge in [-0.2, -0.15) is 0 Å². The third kappa shape index (κ3) is 2.70. The Kier molecular flexibility index (Phi) is 3.75. The second-order valence-corrected chi connectivity index (χ2v) is 4.96. The number of aromatic nitrogens is 1. The summed E-state index contributed by atoms with van der Waals surface area (Å²) in [7, 11) is 0. The number of hydrogen-bond acceptors (Lipinski definition) is 2. The zero-order chi connectivity index (χ0) is 13.8. The van der Waals surface area contributed by atoms with Crippen LogP contribution in [0.25, 0.3) is 10.9 Å². The van der Waals surface area contributed by atoms with Gasteiger partial charge in [0.05, 0.1) is 11.6 Å². The fourth-order valence-corrected chi connectivity index (χ4v) is 2.52. The number of fused-ring (bicyclic) bond motifs is 1. The Bertz CT molecular complexity index is 689. The summed E-state index contributed by atoms with van der Waals surface area (Å²) in [6.45, 7) is 0. The highest BCUT2D eigenvalue weighted by Crippen LogP contribution is 2.26. The number of aryl methyl sites for hydroxylation is 1. The minimum atomic E-state index is -0.455. The molecule has 1 N–H and O–H groups in total. The molecule has 20 heavy (non-hydrogen) atoms. The Morgan fingerprint density at radius 1 is 0.900 bits per heavy atom. The number of hydrogen-bond donors (Lipinski definition) is 1. The lowest BCUT2D eigenvalue weighted by Gasteiger charge is -2.13. The second-order valence-electron chi connectivity index (χ2n) is 4.96. The van der Waals surface area contributed by atoms with Crippen LogP contribution in [-0.2, 0) is 6.42 Å². The van der Waals surface area contributed by atoms with Crippen molar-refractivity contribution < 1.29 is 5.11 Å². The van der Waals surface area contributed by atoms with Gasteiger partial charge in [-0.15, -0.1) is 0 Å². The van der Waals surface area contributed by atoms with E-state index in [9.17, 15) is 5.11 Å². The highest BCUT2D eigenvalue weighted by Gasteiger charge is 2.11. The predicted octanol–water partition coefficient (Wildman–Crippen LogP) is 3.90. The summed E-state index contributed by atoms with van der Waals surface area (Å²) in [6, 6.07) is 20.1. The number of rotatable bonds is 4. The zero-order valence-electron chi connectivity index (χ0n) is 11.2. The van der Waals surface area contributed by atoms with Crippen LogP contribution in [0.4, 0.5) is 0 Å². The van der Waals surface area contributed by atoms with E-state index >= 15 is 0 Å². The Balaban J connectivity index is 1.80. The summed E-state index contributed by atoms with van der Waals surface area (Å²) in [5.74, 6) is 0. The number of nitrogens with zero attached hydrogens (tertiary/aromatic N) is 1. The molecule has 0 bridgehead atoms. The highest BCUT2D eigenvalue weighted by atomic mass is 16.3. The van der Waals surface area contributed by atoms with Crippen LogP contribution >= 0.6 is 0 Å². The van der Waals surface area contributed by atoms with Crippen molar-refractivity contribution in [2.75, 3.05) is 0 Å². The monoisotopic (exact) mass is 263 g/mol. The molecular formula is C18H17NO. The number of benzene rings is 2. The molecule has 0 amide bonds. The Morgan fingerprint density at radius 2 is 1.75 bits per heavy atom. The van der Waals surface area contributed by atoms with Gasteiger partial charge in [0.2, 0.25) is 0 Å². The average molecular weight is 263 g/mol. The molecule has 0 aliphatic carbocycles. The van der Waals surface area contributed by atoms with E-state index in [0.717, 1.165) is 29.3 Å². The van der Waals surface area contributed by atoms with Gasteiger partial charge in [0.1, 0.15) is 0 Å². The first-order valence-corrected chi connectivity index (χ1v) is 6.90. The van der Waals surface area contributed by atoms with Crippen molar-refractivity contribution in [3.8, 4) is 0 Å². The first kappa shape index (κ1) is 12.8. The Morgan fingerprint density at radius 3 is 2.60 bits per heavy atom. The minimum absolute atomic E-state index is 0.455. The summed E-state index contributed by atoms with van der Waals surface area (Å²) in [5, 5.41) is 11.5. The molecule has 0 saturated heterocycles. The summed E-state index contributed by atoms with van der Waals surface area (Å²) < 4.78 is 0. The lowest BCUT2D eigenvalue weighted by atomic mass is 9.98. The van der Waals surface area contributed by atoms with Gasteiger partial charge in [0.15, 0.2) is 0 Å². The van der Waals surface area contributed by atoms with Crippen molar-refractivity contribution in [2.24, 2.45) is 0 Å². The maximum absolute atomic E-state index is 10.5. The Hall–Kier alpha value is -2.19. The van der Waals surface area contributed by atoms with E-state index in [1.54, 1.807) is 6.20 Å². The molecule has 2 aromatic carbocycles. The summed E-state index contributed by atoms with van der Waals surface area (Å²) >= 11 is 0. The molecular weight excluding hydrogens is 246 g/mol. The van der Waals surface area contributed by atoms with E-state index in [4.69, 9.17) is 0 Å². The molecule has 1 atom stereocenters. The molecule has 3 aromatic rings. The molecule has 1 unspecified atom stereocenters. The molecule has 0 aliphatic heterocycles. The molecule has 0 fully saturated rings. The standard InChI is InChI=1S/C18H17NO/c20-18(12-11-14-6-2-1-3-7-14)16-8-4-10-17-15(16)9-5-13-19-17/h1-10,13,18,20H,11-12H2. The van der Waals surface area contributed by atoms with Crippen LogP contribution in [-0.4, -0.2) is 10.1 Å². The maximum atomic E-state index is 10.5. The van der Waals surface area contributed by atoms with Crippen LogP contribution in [0.5, 0.6) is 0 Å². The summed E-state index contributed by atoms with van der Waals surface area (Å²) in [4.78, 5) is 4.33. The number of aliphatic hydroxyl groups excluding tert-OH is 1. The van der Waals surface area contributed by atoms with Gasteiger partial charge < -0.3 is 5.11 Å². The van der Waals surface area contributed by atoms with Crippen LogP contribution in [0.15, 0.2) is 66.9 Å². The van der Waals surface area contributed by atoms with Crippen molar-refractivity contribution in [1.82, 2.24) is 4.98 Å². The quantitative estimate of drug-likeness (QED) is 0.774. The second kappa shape index (κ2) is 5.85. The van der Waals surface area contributed by atoms with Gasteiger partial charge in [0.25, 0.3) is 0 Å². The van der Waals surface area contributed by atoms with Crippen molar-refractivity contribution in [2.45, 2.75) is 18.9 Å². The van der Waals surface area contributed by atoms with Gasteiger partial charge in [-0.25, -0.2) is 0 Å². The van der Waals surface area contributed by atoms with E-state index in [0.29, 0.717) is 0 Å². The van der Waals surface area contributed by atoms with Crippen molar-refractivity contribution >= 4 is 10.9 Å². The van der Waals surface area contributed by atoms with Crippen LogP contribution < -0.4 is 0 Å². The van der Waals surface area contributed by atoms with E-state index in [1.807, 2.05) is 48.5 Å². The topological polar surface area (TPSA) is 33.1 Å². The number of pyridine rings is 1. The molecule has 1 aromatic heterocycles. The van der Waals surface area contributed by atoms with Crippen LogP contribution in [0.3, 0.4) is 0 Å². The zero-order valence-corrected chi connectivity index (χ0v) is 11.2. The SMILES string of the molecule is OC(CCc1ccccc1)c1cccc2ncccc12. The molecule has 3 rings (SSSR count). The van der Waals surface area contributed by atoms with E-state index in [-0.39, 0.29) is 0 Å². The van der Waals surface area contributed by atoms with Crippen LogP contribution in [0, 0.1) is 0 Å². The molecule has 100 valence electrons. The van der Waals surface area contributed by atoms with Crippen LogP contribution in [0.1, 0.15) is 23.7 Å². The molecule has 1 heterocycles. The normalized spacial score (nSPS) is 12.4. The van der Waals surface area contributed by atoms with Gasteiger partial charge in [-0.1, -0.05) is 48.5 Å². The molecule has 2 heteroatoms. The van der Waals surface area contributed by atoms with Crippen LogP contribution in [0.2, 0.25) is 0 Å². The largest absolute Gasteiger partial charge is 0.388 e. The smallest absolute Gasteiger partial charge is 0.0799 e. The fourth-order valence-electron chi connectivity index (χ4n) is 2.52. The molecule has 0 radical (unpaired) electrons. The highest BCUT2D eigenvalue weighted by molar-refractivity contribution is 5.82. The van der Waals surface area contributed by atoms with E-state index < -0.39 is 6.10 Å². The van der Waals surface area contributed by atoms with Gasteiger partial charge in [0, 0.05) is 11.6 Å². The molecule has 0 saturated carbocycles. The summed E-state index contributed by atoms with van der Waals surface area (Å²) in [5.41, 5.74) is 3.15. The van der Waals surface area contributed by atoms with E-state index in [2.05, 4.69) is 17.1 Å². The van der Waals surface area contributed by atoms with Crippen molar-refractivity contribution in [3.05, 3.63) is 78.0 Å². The van der Waals surface area contributed by atoms with Gasteiger partial charge in [-0.05, 0) is 36.1 Å². The molecule has 2 nitrogen and oxygen atoms in total. The Labute approximate surface area is 118 Å². The number of aliphatic hydroxyl groups is 1.